The molecule has 2 aromatic rings. The minimum Gasteiger partial charge on any atom is -0.288 e. The van der Waals surface area contributed by atoms with Crippen molar-refractivity contribution in [1.29, 1.82) is 0 Å². The lowest BCUT2D eigenvalue weighted by Crippen LogP contribution is -2.43. The average Bonchev–Trinajstić information content (AvgIpc) is 2.92. The van der Waals surface area contributed by atoms with Crippen molar-refractivity contribution in [2.75, 3.05) is 6.54 Å². The number of nitrogens with zero attached hydrogens (tertiary/aromatic N) is 1. The summed E-state index contributed by atoms with van der Waals surface area (Å²) in [7, 11) is 0. The number of fused-ring (bicyclic) bond motifs is 1. The Morgan fingerprint density at radius 2 is 1.96 bits per heavy atom. The minimum absolute atomic E-state index is 0.0467. The van der Waals surface area contributed by atoms with Gasteiger partial charge in [-0.1, -0.05) is 50.2 Å². The molecule has 0 spiro atoms. The first-order valence-corrected chi connectivity index (χ1v) is 8.40. The van der Waals surface area contributed by atoms with Crippen molar-refractivity contribution in [3.05, 3.63) is 47.5 Å². The number of hydrogen-bond acceptors (Lipinski definition) is 2. The Morgan fingerprint density at radius 3 is 2.56 bits per heavy atom. The largest absolute Gasteiger partial charge is 0.409 e. The van der Waals surface area contributed by atoms with E-state index in [0.717, 1.165) is 22.4 Å². The molecule has 1 aliphatic heterocycles. The quantitative estimate of drug-likeness (QED) is 0.888. The first kappa shape index (κ1) is 17.7. The molecule has 0 aliphatic carbocycles. The number of benzene rings is 2. The lowest BCUT2D eigenvalue weighted by molar-refractivity contribution is -0.190. The number of carbonyl (C=O) groups is 1. The van der Waals surface area contributed by atoms with Crippen molar-refractivity contribution >= 4 is 16.7 Å². The summed E-state index contributed by atoms with van der Waals surface area (Å²) in [4.78, 5) is 11.4. The highest BCUT2D eigenvalue weighted by Crippen LogP contribution is 2.40. The summed E-state index contributed by atoms with van der Waals surface area (Å²) in [5, 5.41) is 2.36. The Hall–Kier alpha value is -2.08. The van der Waals surface area contributed by atoms with Crippen LogP contribution in [-0.2, 0) is 11.2 Å². The normalized spacial score (nSPS) is 17.3. The lowest BCUT2D eigenvalue weighted by atomic mass is 9.94. The van der Waals surface area contributed by atoms with Gasteiger partial charge in [-0.25, -0.2) is 5.01 Å². The maximum absolute atomic E-state index is 13.8. The summed E-state index contributed by atoms with van der Waals surface area (Å²) in [5.74, 6) is 0.0379. The number of amides is 1. The highest BCUT2D eigenvalue weighted by Gasteiger charge is 2.47. The van der Waals surface area contributed by atoms with Crippen LogP contribution >= 0.6 is 0 Å². The number of nitrogens with one attached hydrogen (secondary N) is 1. The maximum atomic E-state index is 13.8. The Kier molecular flexibility index (Phi) is 4.73. The minimum atomic E-state index is -4.49. The number of hydrogen-bond donors (Lipinski definition) is 1. The fourth-order valence-electron chi connectivity index (χ4n) is 3.39. The van der Waals surface area contributed by atoms with Gasteiger partial charge < -0.3 is 0 Å². The third-order valence-corrected chi connectivity index (χ3v) is 4.39. The van der Waals surface area contributed by atoms with Crippen LogP contribution in [0.2, 0.25) is 0 Å². The zero-order chi connectivity index (χ0) is 18.2. The number of carbonyl (C=O) groups excluding carboxylic acids is 1. The molecular weight excluding hydrogens is 329 g/mol. The fraction of sp³-hybridized carbons (Fsp3) is 0.421. The SMILES string of the molecule is CC(C)Cc1ccc2cccc(C(N3CCC(=O)N3)C(F)(F)F)c2c1. The number of alkyl halides is 3. The van der Waals surface area contributed by atoms with Crippen molar-refractivity contribution in [2.24, 2.45) is 5.92 Å². The molecule has 0 saturated carbocycles. The molecule has 1 unspecified atom stereocenters. The molecule has 3 nitrogen and oxygen atoms in total. The molecule has 25 heavy (non-hydrogen) atoms. The van der Waals surface area contributed by atoms with Gasteiger partial charge in [0.05, 0.1) is 0 Å². The highest BCUT2D eigenvalue weighted by molar-refractivity contribution is 5.87. The standard InChI is InChI=1S/C19H21F3N2O/c1-12(2)10-13-6-7-14-4-3-5-15(16(14)11-13)18(19(20,21)22)24-9-8-17(25)23-24/h3-7,11-12,18H,8-10H2,1-2H3,(H,23,25). The van der Waals surface area contributed by atoms with E-state index in [2.05, 4.69) is 19.3 Å². The number of halogens is 3. The van der Waals surface area contributed by atoms with Crippen molar-refractivity contribution in [3.8, 4) is 0 Å². The molecule has 1 N–H and O–H groups in total. The average molecular weight is 350 g/mol. The smallest absolute Gasteiger partial charge is 0.288 e. The van der Waals surface area contributed by atoms with Gasteiger partial charge in [0.25, 0.3) is 0 Å². The van der Waals surface area contributed by atoms with Crippen LogP contribution < -0.4 is 5.43 Å². The Balaban J connectivity index is 2.11. The molecule has 1 fully saturated rings. The Bertz CT molecular complexity index is 786. The second kappa shape index (κ2) is 6.67. The van der Waals surface area contributed by atoms with Gasteiger partial charge in [-0.3, -0.25) is 10.2 Å². The van der Waals surface area contributed by atoms with Gasteiger partial charge in [-0.2, -0.15) is 13.2 Å². The molecule has 1 heterocycles. The molecule has 134 valence electrons. The van der Waals surface area contributed by atoms with Crippen molar-refractivity contribution in [3.63, 3.8) is 0 Å². The van der Waals surface area contributed by atoms with Crippen LogP contribution in [0.3, 0.4) is 0 Å². The molecule has 1 atom stereocenters. The first-order chi connectivity index (χ1) is 11.8. The number of hydrazine groups is 1. The van der Waals surface area contributed by atoms with Crippen LogP contribution in [0.1, 0.15) is 37.4 Å². The van der Waals surface area contributed by atoms with Crippen molar-refractivity contribution in [2.45, 2.75) is 38.9 Å². The van der Waals surface area contributed by atoms with Gasteiger partial charge in [0, 0.05) is 13.0 Å². The predicted octanol–water partition coefficient (Wildman–Crippen LogP) is 4.38. The summed E-state index contributed by atoms with van der Waals surface area (Å²) >= 11 is 0. The van der Waals surface area contributed by atoms with E-state index in [-0.39, 0.29) is 24.4 Å². The molecule has 3 rings (SSSR count). The van der Waals surface area contributed by atoms with Crippen LogP contribution in [-0.4, -0.2) is 23.6 Å². The molecule has 0 radical (unpaired) electrons. The zero-order valence-corrected chi connectivity index (χ0v) is 14.2. The molecule has 6 heteroatoms. The molecular formula is C19H21F3N2O. The van der Waals surface area contributed by atoms with Crippen LogP contribution in [0.25, 0.3) is 10.8 Å². The molecule has 1 saturated heterocycles. The van der Waals surface area contributed by atoms with E-state index in [4.69, 9.17) is 0 Å². The van der Waals surface area contributed by atoms with E-state index in [1.807, 2.05) is 24.3 Å². The van der Waals surface area contributed by atoms with Crippen molar-refractivity contribution < 1.29 is 18.0 Å². The summed E-state index contributed by atoms with van der Waals surface area (Å²) in [6.45, 7) is 4.20. The van der Waals surface area contributed by atoms with Gasteiger partial charge >= 0.3 is 6.18 Å². The second-order valence-electron chi connectivity index (χ2n) is 6.92. The third kappa shape index (κ3) is 3.79. The van der Waals surface area contributed by atoms with Crippen LogP contribution in [0, 0.1) is 5.92 Å². The summed E-state index contributed by atoms with van der Waals surface area (Å²) in [5.41, 5.74) is 3.54. The molecule has 0 aromatic heterocycles. The number of rotatable bonds is 4. The van der Waals surface area contributed by atoms with Gasteiger partial charge in [0.2, 0.25) is 5.91 Å². The third-order valence-electron chi connectivity index (χ3n) is 4.39. The Labute approximate surface area is 144 Å². The molecule has 2 aromatic carbocycles. The van der Waals surface area contributed by atoms with E-state index in [1.54, 1.807) is 6.07 Å². The lowest BCUT2D eigenvalue weighted by Gasteiger charge is -2.30. The van der Waals surface area contributed by atoms with Gasteiger partial charge in [0.1, 0.15) is 0 Å². The van der Waals surface area contributed by atoms with Gasteiger partial charge in [-0.15, -0.1) is 0 Å². The van der Waals surface area contributed by atoms with E-state index >= 15 is 0 Å². The predicted molar refractivity (Wildman–Crippen MR) is 90.8 cm³/mol. The van der Waals surface area contributed by atoms with E-state index in [0.29, 0.717) is 11.3 Å². The van der Waals surface area contributed by atoms with Crippen LogP contribution in [0.4, 0.5) is 13.2 Å². The molecule has 1 amide bonds. The summed E-state index contributed by atoms with van der Waals surface area (Å²) in [6, 6.07) is 8.78. The van der Waals surface area contributed by atoms with E-state index in [9.17, 15) is 18.0 Å². The highest BCUT2D eigenvalue weighted by atomic mass is 19.4. The zero-order valence-electron chi connectivity index (χ0n) is 14.2. The topological polar surface area (TPSA) is 32.3 Å². The fourth-order valence-corrected chi connectivity index (χ4v) is 3.39. The molecule has 1 aliphatic rings. The maximum Gasteiger partial charge on any atom is 0.409 e. The van der Waals surface area contributed by atoms with E-state index in [1.165, 1.54) is 6.07 Å². The molecule has 0 bridgehead atoms. The summed E-state index contributed by atoms with van der Waals surface area (Å²) < 4.78 is 41.5. The van der Waals surface area contributed by atoms with Crippen molar-refractivity contribution in [1.82, 2.24) is 10.4 Å². The van der Waals surface area contributed by atoms with E-state index < -0.39 is 12.2 Å². The van der Waals surface area contributed by atoms with Gasteiger partial charge in [-0.05, 0) is 34.2 Å². The van der Waals surface area contributed by atoms with Gasteiger partial charge in [0.15, 0.2) is 6.04 Å². The first-order valence-electron chi connectivity index (χ1n) is 8.40. The monoisotopic (exact) mass is 350 g/mol. The second-order valence-corrected chi connectivity index (χ2v) is 6.92. The van der Waals surface area contributed by atoms with Crippen LogP contribution in [0.15, 0.2) is 36.4 Å². The Morgan fingerprint density at radius 1 is 1.20 bits per heavy atom. The van der Waals surface area contributed by atoms with Crippen LogP contribution in [0.5, 0.6) is 0 Å². The summed E-state index contributed by atoms with van der Waals surface area (Å²) in [6.07, 6.45) is -3.60.